The summed E-state index contributed by atoms with van der Waals surface area (Å²) in [7, 11) is 0. The van der Waals surface area contributed by atoms with Gasteiger partial charge in [-0.3, -0.25) is 9.58 Å². The summed E-state index contributed by atoms with van der Waals surface area (Å²) in [6.45, 7) is 6.24. The van der Waals surface area contributed by atoms with E-state index in [2.05, 4.69) is 58.1 Å². The molecule has 2 aromatic rings. The Morgan fingerprint density at radius 2 is 1.92 bits per heavy atom. The quantitative estimate of drug-likeness (QED) is 0.716. The van der Waals surface area contributed by atoms with Crippen molar-refractivity contribution in [3.8, 4) is 0 Å². The maximum Gasteiger partial charge on any atom is 0.0734 e. The van der Waals surface area contributed by atoms with E-state index in [-0.39, 0.29) is 0 Å². The smallest absolute Gasteiger partial charge is 0.0734 e. The predicted molar refractivity (Wildman–Crippen MR) is 104 cm³/mol. The molecule has 1 aromatic carbocycles. The molecule has 0 bridgehead atoms. The Bertz CT molecular complexity index is 680. The molecule has 26 heavy (non-hydrogen) atoms. The standard InChI is InChI=1S/C22H31N3O/c1-2-3-9-21-16-24(17-22(26-21)20-10-11-20)13-19-12-23-25(15-19)14-18-7-5-4-6-8-18/h4-8,12,15,20-22H,2-3,9-11,13-14,16-17H2,1H3/t21-,22-/m1/s1. The first-order valence-corrected chi connectivity index (χ1v) is 10.2. The van der Waals surface area contributed by atoms with Crippen LogP contribution in [-0.2, 0) is 17.8 Å². The molecule has 0 unspecified atom stereocenters. The zero-order chi connectivity index (χ0) is 17.8. The van der Waals surface area contributed by atoms with Gasteiger partial charge < -0.3 is 4.74 Å². The summed E-state index contributed by atoms with van der Waals surface area (Å²) in [6.07, 6.45) is 11.5. The molecule has 1 aliphatic heterocycles. The van der Waals surface area contributed by atoms with Crippen molar-refractivity contribution in [1.82, 2.24) is 14.7 Å². The van der Waals surface area contributed by atoms with E-state index in [1.807, 2.05) is 6.20 Å². The number of unbranched alkanes of at least 4 members (excludes halogenated alkanes) is 1. The van der Waals surface area contributed by atoms with Gasteiger partial charge in [-0.15, -0.1) is 0 Å². The van der Waals surface area contributed by atoms with Crippen LogP contribution in [0, 0.1) is 5.92 Å². The highest BCUT2D eigenvalue weighted by Gasteiger charge is 2.38. The van der Waals surface area contributed by atoms with E-state index < -0.39 is 0 Å². The number of hydrogen-bond acceptors (Lipinski definition) is 3. The highest BCUT2D eigenvalue weighted by atomic mass is 16.5. The lowest BCUT2D eigenvalue weighted by Crippen LogP contribution is -2.47. The summed E-state index contributed by atoms with van der Waals surface area (Å²) in [5.41, 5.74) is 2.61. The third-order valence-corrected chi connectivity index (χ3v) is 5.57. The van der Waals surface area contributed by atoms with Crippen LogP contribution in [0.1, 0.15) is 50.2 Å². The Morgan fingerprint density at radius 1 is 1.08 bits per heavy atom. The third kappa shape index (κ3) is 4.74. The normalized spacial score (nSPS) is 24.0. The van der Waals surface area contributed by atoms with Gasteiger partial charge in [0.15, 0.2) is 0 Å². The van der Waals surface area contributed by atoms with Gasteiger partial charge in [0.2, 0.25) is 0 Å². The first-order chi connectivity index (χ1) is 12.8. The highest BCUT2D eigenvalue weighted by Crippen LogP contribution is 2.37. The topological polar surface area (TPSA) is 30.3 Å². The fraction of sp³-hybridized carbons (Fsp3) is 0.591. The predicted octanol–water partition coefficient (Wildman–Crippen LogP) is 4.10. The average Bonchev–Trinajstić information content (AvgIpc) is 3.43. The van der Waals surface area contributed by atoms with Gasteiger partial charge in [-0.2, -0.15) is 5.10 Å². The van der Waals surface area contributed by atoms with Crippen LogP contribution >= 0.6 is 0 Å². The third-order valence-electron chi connectivity index (χ3n) is 5.57. The van der Waals surface area contributed by atoms with Crippen molar-refractivity contribution >= 4 is 0 Å². The number of nitrogens with zero attached hydrogens (tertiary/aromatic N) is 3. The summed E-state index contributed by atoms with van der Waals surface area (Å²) < 4.78 is 8.46. The lowest BCUT2D eigenvalue weighted by atomic mass is 10.1. The van der Waals surface area contributed by atoms with E-state index in [1.54, 1.807) is 0 Å². The number of hydrogen-bond donors (Lipinski definition) is 0. The van der Waals surface area contributed by atoms with Crippen LogP contribution in [0.25, 0.3) is 0 Å². The van der Waals surface area contributed by atoms with Crippen LogP contribution in [0.15, 0.2) is 42.7 Å². The van der Waals surface area contributed by atoms with Crippen molar-refractivity contribution < 1.29 is 4.74 Å². The first-order valence-electron chi connectivity index (χ1n) is 10.2. The van der Waals surface area contributed by atoms with Crippen molar-refractivity contribution in [3.05, 3.63) is 53.9 Å². The lowest BCUT2D eigenvalue weighted by molar-refractivity contribution is -0.0993. The van der Waals surface area contributed by atoms with E-state index in [0.29, 0.717) is 12.2 Å². The SMILES string of the molecule is CCCC[C@@H]1CN(Cc2cnn(Cc3ccccc3)c2)C[C@H](C2CC2)O1. The molecular formula is C22H31N3O. The average molecular weight is 354 g/mol. The van der Waals surface area contributed by atoms with Gasteiger partial charge in [0.1, 0.15) is 0 Å². The molecule has 0 spiro atoms. The summed E-state index contributed by atoms with van der Waals surface area (Å²) in [5, 5.41) is 4.57. The van der Waals surface area contributed by atoms with Crippen molar-refractivity contribution in [2.75, 3.05) is 13.1 Å². The molecule has 2 fully saturated rings. The fourth-order valence-corrected chi connectivity index (χ4v) is 4.00. The molecule has 1 aromatic heterocycles. The second kappa shape index (κ2) is 8.36. The zero-order valence-electron chi connectivity index (χ0n) is 15.9. The van der Waals surface area contributed by atoms with Crippen LogP contribution < -0.4 is 0 Å². The molecule has 1 saturated heterocycles. The molecule has 2 aliphatic rings. The minimum atomic E-state index is 0.411. The fourth-order valence-electron chi connectivity index (χ4n) is 4.00. The van der Waals surface area contributed by atoms with Gasteiger partial charge in [0.05, 0.1) is 24.9 Å². The monoisotopic (exact) mass is 353 g/mol. The van der Waals surface area contributed by atoms with Gasteiger partial charge in [0.25, 0.3) is 0 Å². The second-order valence-corrected chi connectivity index (χ2v) is 8.00. The number of aromatic nitrogens is 2. The van der Waals surface area contributed by atoms with E-state index >= 15 is 0 Å². The number of rotatable bonds is 8. The molecular weight excluding hydrogens is 322 g/mol. The van der Waals surface area contributed by atoms with E-state index in [0.717, 1.165) is 32.1 Å². The summed E-state index contributed by atoms with van der Waals surface area (Å²) >= 11 is 0. The largest absolute Gasteiger partial charge is 0.372 e. The Morgan fingerprint density at radius 3 is 2.69 bits per heavy atom. The van der Waals surface area contributed by atoms with Crippen molar-refractivity contribution in [2.45, 2.75) is 64.3 Å². The Balaban J connectivity index is 1.36. The zero-order valence-corrected chi connectivity index (χ0v) is 15.9. The van der Waals surface area contributed by atoms with Crippen molar-refractivity contribution in [2.24, 2.45) is 5.92 Å². The number of morpholine rings is 1. The van der Waals surface area contributed by atoms with Gasteiger partial charge in [-0.1, -0.05) is 50.1 Å². The molecule has 4 heteroatoms. The van der Waals surface area contributed by atoms with Gasteiger partial charge in [-0.05, 0) is 30.7 Å². The lowest BCUT2D eigenvalue weighted by Gasteiger charge is -2.38. The molecule has 140 valence electrons. The molecule has 1 aliphatic carbocycles. The van der Waals surface area contributed by atoms with E-state index in [1.165, 1.54) is 43.2 Å². The molecule has 1 saturated carbocycles. The molecule has 2 heterocycles. The first kappa shape index (κ1) is 17.7. The number of ether oxygens (including phenoxy) is 1. The summed E-state index contributed by atoms with van der Waals surface area (Å²) in [5.74, 6) is 0.808. The van der Waals surface area contributed by atoms with Crippen molar-refractivity contribution in [3.63, 3.8) is 0 Å². The van der Waals surface area contributed by atoms with Crippen LogP contribution in [0.2, 0.25) is 0 Å². The van der Waals surface area contributed by atoms with Gasteiger partial charge in [0, 0.05) is 31.4 Å². The maximum absolute atomic E-state index is 6.40. The minimum Gasteiger partial charge on any atom is -0.372 e. The maximum atomic E-state index is 6.40. The minimum absolute atomic E-state index is 0.411. The summed E-state index contributed by atoms with van der Waals surface area (Å²) in [4.78, 5) is 2.59. The Hall–Kier alpha value is -1.65. The Kier molecular flexibility index (Phi) is 5.71. The number of benzene rings is 1. The molecule has 4 rings (SSSR count). The van der Waals surface area contributed by atoms with Crippen molar-refractivity contribution in [1.29, 1.82) is 0 Å². The molecule has 0 amide bonds. The van der Waals surface area contributed by atoms with E-state index in [9.17, 15) is 0 Å². The van der Waals surface area contributed by atoms with Crippen LogP contribution in [-0.4, -0.2) is 40.0 Å². The van der Waals surface area contributed by atoms with Gasteiger partial charge >= 0.3 is 0 Å². The van der Waals surface area contributed by atoms with E-state index in [4.69, 9.17) is 4.74 Å². The summed E-state index contributed by atoms with van der Waals surface area (Å²) in [6, 6.07) is 10.5. The second-order valence-electron chi connectivity index (χ2n) is 8.00. The van der Waals surface area contributed by atoms with Gasteiger partial charge in [-0.25, -0.2) is 0 Å². The molecule has 2 atom stereocenters. The highest BCUT2D eigenvalue weighted by molar-refractivity contribution is 5.15. The van der Waals surface area contributed by atoms with Crippen LogP contribution in [0.3, 0.4) is 0 Å². The Labute approximate surface area is 157 Å². The van der Waals surface area contributed by atoms with Crippen LogP contribution in [0.5, 0.6) is 0 Å². The molecule has 0 N–H and O–H groups in total. The molecule has 4 nitrogen and oxygen atoms in total. The molecule has 0 radical (unpaired) electrons. The van der Waals surface area contributed by atoms with Crippen LogP contribution in [0.4, 0.5) is 0 Å².